The molecule has 0 heterocycles. The maximum absolute atomic E-state index is 5.71. The number of hydrogen-bond acceptors (Lipinski definition) is 2. The Kier molecular flexibility index (Phi) is 4.04. The lowest BCUT2D eigenvalue weighted by Crippen LogP contribution is -2.26. The Bertz CT molecular complexity index is 323. The van der Waals surface area contributed by atoms with Gasteiger partial charge in [-0.2, -0.15) is 0 Å². The van der Waals surface area contributed by atoms with E-state index in [1.54, 1.807) is 0 Å². The molecule has 0 saturated carbocycles. The van der Waals surface area contributed by atoms with Gasteiger partial charge < -0.3 is 5.73 Å². The van der Waals surface area contributed by atoms with E-state index in [0.717, 1.165) is 4.47 Å². The van der Waals surface area contributed by atoms with Crippen LogP contribution in [-0.2, 0) is 0 Å². The van der Waals surface area contributed by atoms with Crippen molar-refractivity contribution in [2.45, 2.75) is 30.4 Å². The van der Waals surface area contributed by atoms with E-state index >= 15 is 0 Å². The number of halogens is 1. The molecule has 1 nitrogen and oxygen atoms in total. The average molecular weight is 274 g/mol. The van der Waals surface area contributed by atoms with Gasteiger partial charge in [0.1, 0.15) is 0 Å². The zero-order valence-corrected chi connectivity index (χ0v) is 11.2. The molecule has 2 N–H and O–H groups in total. The molecule has 0 aliphatic rings. The normalized spacial score (nSPS) is 11.8. The van der Waals surface area contributed by atoms with E-state index in [9.17, 15) is 0 Å². The van der Waals surface area contributed by atoms with E-state index in [1.165, 1.54) is 10.5 Å². The van der Waals surface area contributed by atoms with Crippen LogP contribution < -0.4 is 5.73 Å². The van der Waals surface area contributed by atoms with Gasteiger partial charge in [-0.05, 0) is 38.5 Å². The molecule has 0 amide bonds. The lowest BCUT2D eigenvalue weighted by atomic mass is 10.2. The van der Waals surface area contributed by atoms with Crippen molar-refractivity contribution < 1.29 is 0 Å². The summed E-state index contributed by atoms with van der Waals surface area (Å²) in [6.07, 6.45) is 0. The van der Waals surface area contributed by atoms with Crippen molar-refractivity contribution in [3.05, 3.63) is 28.2 Å². The van der Waals surface area contributed by atoms with Crippen LogP contribution in [0.1, 0.15) is 19.4 Å². The van der Waals surface area contributed by atoms with Crippen LogP contribution >= 0.6 is 27.7 Å². The van der Waals surface area contributed by atoms with Crippen molar-refractivity contribution >= 4 is 27.7 Å². The zero-order valence-electron chi connectivity index (χ0n) is 8.80. The van der Waals surface area contributed by atoms with Crippen LogP contribution in [0.4, 0.5) is 0 Å². The van der Waals surface area contributed by atoms with Gasteiger partial charge in [-0.15, -0.1) is 11.8 Å². The Hall–Kier alpha value is 0.01000. The minimum Gasteiger partial charge on any atom is -0.329 e. The summed E-state index contributed by atoms with van der Waals surface area (Å²) in [7, 11) is 0. The summed E-state index contributed by atoms with van der Waals surface area (Å²) in [5.74, 6) is 0. The first-order valence-corrected chi connectivity index (χ1v) is 6.21. The molecule has 0 atom stereocenters. The van der Waals surface area contributed by atoms with E-state index < -0.39 is 0 Å². The fourth-order valence-corrected chi connectivity index (χ4v) is 2.63. The number of thioether (sulfide) groups is 1. The van der Waals surface area contributed by atoms with Gasteiger partial charge in [-0.25, -0.2) is 0 Å². The van der Waals surface area contributed by atoms with Crippen LogP contribution in [0.2, 0.25) is 0 Å². The Balaban J connectivity index is 2.91. The average Bonchev–Trinajstić information content (AvgIpc) is 2.11. The van der Waals surface area contributed by atoms with Gasteiger partial charge in [0.15, 0.2) is 0 Å². The Morgan fingerprint density at radius 1 is 1.43 bits per heavy atom. The number of nitrogens with two attached hydrogens (primary N) is 1. The zero-order chi connectivity index (χ0) is 10.8. The third-order valence-electron chi connectivity index (χ3n) is 2.03. The molecule has 0 saturated heterocycles. The van der Waals surface area contributed by atoms with Crippen molar-refractivity contribution in [1.29, 1.82) is 0 Å². The first-order chi connectivity index (χ1) is 6.44. The van der Waals surface area contributed by atoms with Gasteiger partial charge in [-0.3, -0.25) is 0 Å². The Morgan fingerprint density at radius 3 is 2.64 bits per heavy atom. The number of aryl methyl sites for hydroxylation is 1. The van der Waals surface area contributed by atoms with Gasteiger partial charge in [0.2, 0.25) is 0 Å². The molecule has 1 aromatic carbocycles. The monoisotopic (exact) mass is 273 g/mol. The van der Waals surface area contributed by atoms with E-state index in [-0.39, 0.29) is 4.75 Å². The largest absolute Gasteiger partial charge is 0.329 e. The number of hydrogen-bond donors (Lipinski definition) is 1. The molecule has 0 aliphatic heterocycles. The van der Waals surface area contributed by atoms with Gasteiger partial charge >= 0.3 is 0 Å². The van der Waals surface area contributed by atoms with E-state index in [4.69, 9.17) is 5.73 Å². The highest BCUT2D eigenvalue weighted by molar-refractivity contribution is 9.10. The van der Waals surface area contributed by atoms with Crippen molar-refractivity contribution in [1.82, 2.24) is 0 Å². The third kappa shape index (κ3) is 3.30. The Labute approximate surface area is 98.6 Å². The highest BCUT2D eigenvalue weighted by Gasteiger charge is 2.18. The summed E-state index contributed by atoms with van der Waals surface area (Å²) < 4.78 is 1.23. The lowest BCUT2D eigenvalue weighted by Gasteiger charge is -2.22. The second-order valence-electron chi connectivity index (χ2n) is 3.98. The molecular weight excluding hydrogens is 258 g/mol. The highest BCUT2D eigenvalue weighted by Crippen LogP contribution is 2.35. The SMILES string of the molecule is Cc1ccc(Br)cc1SC(C)(C)CN. The highest BCUT2D eigenvalue weighted by atomic mass is 79.9. The van der Waals surface area contributed by atoms with Crippen LogP contribution in [0.15, 0.2) is 27.6 Å². The van der Waals surface area contributed by atoms with Crippen LogP contribution in [0.3, 0.4) is 0 Å². The lowest BCUT2D eigenvalue weighted by molar-refractivity contribution is 0.722. The first-order valence-electron chi connectivity index (χ1n) is 4.60. The molecule has 78 valence electrons. The molecule has 0 aliphatic carbocycles. The van der Waals surface area contributed by atoms with Crippen molar-refractivity contribution in [2.24, 2.45) is 5.73 Å². The van der Waals surface area contributed by atoms with Crippen LogP contribution in [0.5, 0.6) is 0 Å². The summed E-state index contributed by atoms with van der Waals surface area (Å²) >= 11 is 5.31. The fourth-order valence-electron chi connectivity index (χ4n) is 1.02. The Morgan fingerprint density at radius 2 is 2.07 bits per heavy atom. The molecule has 0 spiro atoms. The van der Waals surface area contributed by atoms with Gasteiger partial charge in [0.25, 0.3) is 0 Å². The molecule has 14 heavy (non-hydrogen) atoms. The predicted octanol–water partition coefficient (Wildman–Crippen LogP) is 3.59. The molecule has 0 bridgehead atoms. The van der Waals surface area contributed by atoms with Crippen molar-refractivity contribution in [3.8, 4) is 0 Å². The molecule has 3 heteroatoms. The third-order valence-corrected chi connectivity index (χ3v) is 3.90. The topological polar surface area (TPSA) is 26.0 Å². The van der Waals surface area contributed by atoms with E-state index in [0.29, 0.717) is 6.54 Å². The molecule has 0 fully saturated rings. The number of rotatable bonds is 3. The maximum Gasteiger partial charge on any atom is 0.0273 e. The molecule has 0 aromatic heterocycles. The summed E-state index contributed by atoms with van der Waals surface area (Å²) in [5, 5.41) is 0. The van der Waals surface area contributed by atoms with Gasteiger partial charge in [0, 0.05) is 20.7 Å². The fraction of sp³-hybridized carbons (Fsp3) is 0.455. The van der Waals surface area contributed by atoms with Crippen molar-refractivity contribution in [2.75, 3.05) is 6.54 Å². The van der Waals surface area contributed by atoms with Crippen molar-refractivity contribution in [3.63, 3.8) is 0 Å². The minimum atomic E-state index is 0.103. The summed E-state index contributed by atoms with van der Waals surface area (Å²) in [5.41, 5.74) is 7.02. The maximum atomic E-state index is 5.71. The predicted molar refractivity (Wildman–Crippen MR) is 67.9 cm³/mol. The molecule has 0 radical (unpaired) electrons. The number of benzene rings is 1. The van der Waals surface area contributed by atoms with E-state index in [1.807, 2.05) is 11.8 Å². The molecular formula is C11H16BrNS. The van der Waals surface area contributed by atoms with Crippen LogP contribution in [0.25, 0.3) is 0 Å². The second kappa shape index (κ2) is 4.69. The summed E-state index contributed by atoms with van der Waals surface area (Å²) in [6, 6.07) is 6.34. The molecule has 0 unspecified atom stereocenters. The van der Waals surface area contributed by atoms with Gasteiger partial charge in [0.05, 0.1) is 0 Å². The van der Waals surface area contributed by atoms with Crippen LogP contribution in [-0.4, -0.2) is 11.3 Å². The molecule has 1 aromatic rings. The van der Waals surface area contributed by atoms with Crippen LogP contribution in [0, 0.1) is 6.92 Å². The van der Waals surface area contributed by atoms with Gasteiger partial charge in [-0.1, -0.05) is 22.0 Å². The summed E-state index contributed by atoms with van der Waals surface area (Å²) in [4.78, 5) is 1.30. The standard InChI is InChI=1S/C11H16BrNS/c1-8-4-5-9(12)6-10(8)14-11(2,3)7-13/h4-6H,7,13H2,1-3H3. The quantitative estimate of drug-likeness (QED) is 0.852. The molecule has 1 rings (SSSR count). The first kappa shape index (κ1) is 12.1. The van der Waals surface area contributed by atoms with E-state index in [2.05, 4.69) is 54.9 Å². The smallest absolute Gasteiger partial charge is 0.0273 e. The minimum absolute atomic E-state index is 0.103. The summed E-state index contributed by atoms with van der Waals surface area (Å²) in [6.45, 7) is 7.14. The second-order valence-corrected chi connectivity index (χ2v) is 6.64.